The van der Waals surface area contributed by atoms with Gasteiger partial charge in [0.2, 0.25) is 0 Å². The summed E-state index contributed by atoms with van der Waals surface area (Å²) in [5, 5.41) is 0. The minimum absolute atomic E-state index is 0.0253. The monoisotopic (exact) mass is 250 g/mol. The van der Waals surface area contributed by atoms with Crippen LogP contribution in [0.5, 0.6) is 0 Å². The smallest absolute Gasteiger partial charge is 0.254 e. The average molecular weight is 250 g/mol. The van der Waals surface area contributed by atoms with E-state index >= 15 is 0 Å². The lowest BCUT2D eigenvalue weighted by Crippen LogP contribution is -2.47. The van der Waals surface area contributed by atoms with Gasteiger partial charge in [-0.05, 0) is 49.9 Å². The van der Waals surface area contributed by atoms with Gasteiger partial charge in [-0.15, -0.1) is 0 Å². The molecule has 98 valence electrons. The van der Waals surface area contributed by atoms with Crippen LogP contribution in [0, 0.1) is 12.7 Å². The summed E-state index contributed by atoms with van der Waals surface area (Å²) < 4.78 is 13.1. The van der Waals surface area contributed by atoms with E-state index in [0.29, 0.717) is 17.7 Å². The second-order valence-corrected chi connectivity index (χ2v) is 4.84. The van der Waals surface area contributed by atoms with E-state index in [9.17, 15) is 9.18 Å². The molecular formula is C14H19FN2O. The highest BCUT2D eigenvalue weighted by atomic mass is 19.1. The Hall–Kier alpha value is -1.42. The third-order valence-corrected chi connectivity index (χ3v) is 3.58. The van der Waals surface area contributed by atoms with E-state index in [1.807, 2.05) is 4.90 Å². The number of carbonyl (C=O) groups is 1. The summed E-state index contributed by atoms with van der Waals surface area (Å²) in [7, 11) is 0. The number of amides is 1. The van der Waals surface area contributed by atoms with E-state index < -0.39 is 0 Å². The molecule has 0 aliphatic carbocycles. The van der Waals surface area contributed by atoms with Crippen LogP contribution in [0.1, 0.15) is 35.2 Å². The third kappa shape index (κ3) is 2.53. The van der Waals surface area contributed by atoms with Crippen LogP contribution in [-0.4, -0.2) is 29.9 Å². The van der Waals surface area contributed by atoms with E-state index in [-0.39, 0.29) is 17.8 Å². The predicted octanol–water partition coefficient (Wildman–Crippen LogP) is 2.09. The van der Waals surface area contributed by atoms with Crippen LogP contribution in [0.15, 0.2) is 18.2 Å². The standard InChI is InChI=1S/C14H19FN2O/c1-10-8-11(15)5-6-13(10)14(18)17-7-3-2-4-12(17)9-16/h5-6,8,12H,2-4,7,9,16H2,1H3. The predicted molar refractivity (Wildman–Crippen MR) is 68.9 cm³/mol. The highest BCUT2D eigenvalue weighted by Gasteiger charge is 2.27. The Kier molecular flexibility index (Phi) is 3.97. The van der Waals surface area contributed by atoms with Gasteiger partial charge in [0.05, 0.1) is 0 Å². The summed E-state index contributed by atoms with van der Waals surface area (Å²) in [6.45, 7) is 3.00. The van der Waals surface area contributed by atoms with Crippen LogP contribution in [-0.2, 0) is 0 Å². The Bertz CT molecular complexity index is 447. The molecule has 2 N–H and O–H groups in total. The summed E-state index contributed by atoms with van der Waals surface area (Å²) in [6.07, 6.45) is 3.10. The summed E-state index contributed by atoms with van der Waals surface area (Å²) >= 11 is 0. The lowest BCUT2D eigenvalue weighted by molar-refractivity contribution is 0.0622. The number of halogens is 1. The number of aryl methyl sites for hydroxylation is 1. The molecule has 1 aromatic rings. The molecule has 1 amide bonds. The van der Waals surface area contributed by atoms with Crippen LogP contribution in [0.2, 0.25) is 0 Å². The molecule has 1 saturated heterocycles. The van der Waals surface area contributed by atoms with Crippen LogP contribution >= 0.6 is 0 Å². The van der Waals surface area contributed by atoms with Crippen molar-refractivity contribution in [1.29, 1.82) is 0 Å². The molecule has 1 aliphatic heterocycles. The van der Waals surface area contributed by atoms with Crippen molar-refractivity contribution in [3.8, 4) is 0 Å². The maximum Gasteiger partial charge on any atom is 0.254 e. The maximum atomic E-state index is 13.1. The van der Waals surface area contributed by atoms with Gasteiger partial charge in [0.25, 0.3) is 5.91 Å². The minimum atomic E-state index is -0.307. The van der Waals surface area contributed by atoms with Crippen molar-refractivity contribution in [2.24, 2.45) is 5.73 Å². The molecule has 0 aromatic heterocycles. The molecule has 18 heavy (non-hydrogen) atoms. The van der Waals surface area contributed by atoms with Crippen LogP contribution < -0.4 is 5.73 Å². The fraction of sp³-hybridized carbons (Fsp3) is 0.500. The molecule has 0 radical (unpaired) electrons. The Morgan fingerprint density at radius 3 is 2.94 bits per heavy atom. The molecule has 1 fully saturated rings. The lowest BCUT2D eigenvalue weighted by atomic mass is 9.99. The highest BCUT2D eigenvalue weighted by Crippen LogP contribution is 2.20. The molecule has 2 rings (SSSR count). The van der Waals surface area contributed by atoms with Gasteiger partial charge in [0.15, 0.2) is 0 Å². The highest BCUT2D eigenvalue weighted by molar-refractivity contribution is 5.95. The first-order valence-corrected chi connectivity index (χ1v) is 6.40. The molecule has 0 saturated carbocycles. The number of carbonyl (C=O) groups excluding carboxylic acids is 1. The molecule has 1 heterocycles. The zero-order valence-electron chi connectivity index (χ0n) is 10.7. The van der Waals surface area contributed by atoms with Crippen molar-refractivity contribution >= 4 is 5.91 Å². The van der Waals surface area contributed by atoms with Crippen molar-refractivity contribution in [3.63, 3.8) is 0 Å². The Morgan fingerprint density at radius 2 is 2.28 bits per heavy atom. The van der Waals surface area contributed by atoms with Crippen LogP contribution in [0.3, 0.4) is 0 Å². The fourth-order valence-electron chi connectivity index (χ4n) is 2.53. The number of piperidine rings is 1. The topological polar surface area (TPSA) is 46.3 Å². The van der Waals surface area contributed by atoms with Crippen molar-refractivity contribution < 1.29 is 9.18 Å². The fourth-order valence-corrected chi connectivity index (χ4v) is 2.53. The molecule has 1 atom stereocenters. The largest absolute Gasteiger partial charge is 0.334 e. The number of nitrogens with zero attached hydrogens (tertiary/aromatic N) is 1. The Balaban J connectivity index is 2.24. The zero-order chi connectivity index (χ0) is 13.1. The van der Waals surface area contributed by atoms with Gasteiger partial charge in [-0.1, -0.05) is 0 Å². The van der Waals surface area contributed by atoms with E-state index in [1.54, 1.807) is 13.0 Å². The van der Waals surface area contributed by atoms with Crippen LogP contribution in [0.25, 0.3) is 0 Å². The van der Waals surface area contributed by atoms with E-state index in [2.05, 4.69) is 0 Å². The van der Waals surface area contributed by atoms with Crippen molar-refractivity contribution in [1.82, 2.24) is 4.90 Å². The summed E-state index contributed by atoms with van der Waals surface area (Å²) in [5.74, 6) is -0.333. The summed E-state index contributed by atoms with van der Waals surface area (Å²) in [5.41, 5.74) is 6.98. The van der Waals surface area contributed by atoms with Crippen LogP contribution in [0.4, 0.5) is 4.39 Å². The second-order valence-electron chi connectivity index (χ2n) is 4.84. The Morgan fingerprint density at radius 1 is 1.50 bits per heavy atom. The van der Waals surface area contributed by atoms with Gasteiger partial charge in [0, 0.05) is 24.7 Å². The molecule has 0 bridgehead atoms. The zero-order valence-corrected chi connectivity index (χ0v) is 10.7. The van der Waals surface area contributed by atoms with Gasteiger partial charge >= 0.3 is 0 Å². The van der Waals surface area contributed by atoms with Gasteiger partial charge in [-0.2, -0.15) is 0 Å². The lowest BCUT2D eigenvalue weighted by Gasteiger charge is -2.35. The Labute approximate surface area is 107 Å². The van der Waals surface area contributed by atoms with Crippen molar-refractivity contribution in [2.75, 3.05) is 13.1 Å². The molecule has 1 aromatic carbocycles. The van der Waals surface area contributed by atoms with E-state index in [0.717, 1.165) is 25.8 Å². The normalized spacial score (nSPS) is 19.9. The molecule has 1 unspecified atom stereocenters. The number of rotatable bonds is 2. The minimum Gasteiger partial charge on any atom is -0.334 e. The first kappa shape index (κ1) is 13.0. The third-order valence-electron chi connectivity index (χ3n) is 3.58. The maximum absolute atomic E-state index is 13.1. The number of hydrogen-bond donors (Lipinski definition) is 1. The molecule has 4 heteroatoms. The summed E-state index contributed by atoms with van der Waals surface area (Å²) in [4.78, 5) is 14.3. The van der Waals surface area contributed by atoms with Gasteiger partial charge < -0.3 is 10.6 Å². The van der Waals surface area contributed by atoms with Gasteiger partial charge in [-0.3, -0.25) is 4.79 Å². The number of benzene rings is 1. The van der Waals surface area contributed by atoms with Gasteiger partial charge in [0.1, 0.15) is 5.82 Å². The number of nitrogens with two attached hydrogens (primary N) is 1. The quantitative estimate of drug-likeness (QED) is 0.873. The first-order chi connectivity index (χ1) is 8.63. The molecule has 0 spiro atoms. The van der Waals surface area contributed by atoms with E-state index in [4.69, 9.17) is 5.73 Å². The number of hydrogen-bond acceptors (Lipinski definition) is 2. The molecule has 1 aliphatic rings. The molecule has 3 nitrogen and oxygen atoms in total. The second kappa shape index (κ2) is 5.48. The first-order valence-electron chi connectivity index (χ1n) is 6.40. The number of likely N-dealkylation sites (tertiary alicyclic amines) is 1. The average Bonchev–Trinajstić information content (AvgIpc) is 2.38. The van der Waals surface area contributed by atoms with E-state index in [1.165, 1.54) is 12.1 Å². The SMILES string of the molecule is Cc1cc(F)ccc1C(=O)N1CCCCC1CN. The van der Waals surface area contributed by atoms with Gasteiger partial charge in [-0.25, -0.2) is 4.39 Å². The van der Waals surface area contributed by atoms with Crippen molar-refractivity contribution in [3.05, 3.63) is 35.1 Å². The molecular weight excluding hydrogens is 231 g/mol. The summed E-state index contributed by atoms with van der Waals surface area (Å²) in [6, 6.07) is 4.42. The van der Waals surface area contributed by atoms with Crippen molar-refractivity contribution in [2.45, 2.75) is 32.2 Å².